The molecule has 3 aromatic carbocycles. The van der Waals surface area contributed by atoms with Crippen molar-refractivity contribution in [2.75, 3.05) is 12.4 Å². The number of carbonyl (C=O) groups excluding carboxylic acids is 1. The predicted octanol–water partition coefficient (Wildman–Crippen LogP) is 4.56. The highest BCUT2D eigenvalue weighted by Crippen LogP contribution is 2.21. The number of hydrogen-bond donors (Lipinski definition) is 1. The molecule has 0 fully saturated rings. The van der Waals surface area contributed by atoms with E-state index < -0.39 is 10.0 Å². The Bertz CT molecular complexity index is 1110. The first-order valence-electron chi connectivity index (χ1n) is 9.80. The van der Waals surface area contributed by atoms with E-state index in [0.29, 0.717) is 17.7 Å². The summed E-state index contributed by atoms with van der Waals surface area (Å²) >= 11 is 0. The molecule has 0 saturated carbocycles. The maximum Gasteiger partial charge on any atom is 0.255 e. The lowest BCUT2D eigenvalue weighted by atomic mass is 9.99. The monoisotopic (exact) mass is 422 g/mol. The number of anilines is 1. The first-order chi connectivity index (χ1) is 14.3. The molecule has 0 unspecified atom stereocenters. The van der Waals surface area contributed by atoms with Gasteiger partial charge in [-0.25, -0.2) is 8.42 Å². The zero-order valence-corrected chi connectivity index (χ0v) is 18.2. The van der Waals surface area contributed by atoms with Crippen molar-refractivity contribution in [1.82, 2.24) is 4.31 Å². The Balaban J connectivity index is 1.77. The molecule has 1 N–H and O–H groups in total. The molecule has 0 heterocycles. The molecule has 0 aliphatic rings. The molecule has 0 aliphatic heterocycles. The van der Waals surface area contributed by atoms with Gasteiger partial charge in [-0.2, -0.15) is 4.31 Å². The van der Waals surface area contributed by atoms with E-state index in [-0.39, 0.29) is 16.8 Å². The van der Waals surface area contributed by atoms with Crippen LogP contribution in [0.15, 0.2) is 83.8 Å². The van der Waals surface area contributed by atoms with Crippen LogP contribution < -0.4 is 5.32 Å². The highest BCUT2D eigenvalue weighted by Gasteiger charge is 2.23. The lowest BCUT2D eigenvalue weighted by Crippen LogP contribution is -2.33. The summed E-state index contributed by atoms with van der Waals surface area (Å²) in [7, 11) is -2.00. The van der Waals surface area contributed by atoms with Gasteiger partial charge in [-0.3, -0.25) is 4.79 Å². The van der Waals surface area contributed by atoms with Crippen molar-refractivity contribution < 1.29 is 13.2 Å². The molecule has 0 atom stereocenters. The van der Waals surface area contributed by atoms with E-state index in [9.17, 15) is 13.2 Å². The minimum absolute atomic E-state index is 0.143. The number of benzene rings is 3. The molecular formula is C24H26N2O3S. The van der Waals surface area contributed by atoms with Crippen molar-refractivity contribution in [2.45, 2.75) is 31.2 Å². The fourth-order valence-corrected chi connectivity index (χ4v) is 4.43. The summed E-state index contributed by atoms with van der Waals surface area (Å²) < 4.78 is 26.5. The molecule has 3 rings (SSSR count). The van der Waals surface area contributed by atoms with Crippen LogP contribution in [0.25, 0.3) is 0 Å². The number of rotatable bonds is 7. The maximum atomic E-state index is 12.9. The average Bonchev–Trinajstić information content (AvgIpc) is 2.74. The Kier molecular flexibility index (Phi) is 6.70. The third-order valence-electron chi connectivity index (χ3n) is 5.02. The molecular weight excluding hydrogens is 396 g/mol. The zero-order valence-electron chi connectivity index (χ0n) is 17.4. The smallest absolute Gasteiger partial charge is 0.255 e. The second-order valence-corrected chi connectivity index (χ2v) is 9.41. The molecule has 0 bridgehead atoms. The van der Waals surface area contributed by atoms with E-state index >= 15 is 0 Å². The number of carbonyl (C=O) groups is 1. The van der Waals surface area contributed by atoms with Crippen LogP contribution in [-0.2, 0) is 16.4 Å². The zero-order chi connectivity index (χ0) is 21.7. The van der Waals surface area contributed by atoms with Crippen molar-refractivity contribution >= 4 is 21.6 Å². The maximum absolute atomic E-state index is 12.9. The van der Waals surface area contributed by atoms with Gasteiger partial charge in [-0.15, -0.1) is 0 Å². The van der Waals surface area contributed by atoms with Crippen LogP contribution in [0.4, 0.5) is 5.69 Å². The van der Waals surface area contributed by atoms with Crippen molar-refractivity contribution in [3.05, 3.63) is 95.6 Å². The second kappa shape index (κ2) is 9.24. The third kappa shape index (κ3) is 4.96. The first-order valence-corrected chi connectivity index (χ1v) is 11.2. The fourth-order valence-electron chi connectivity index (χ4n) is 3.06. The molecule has 30 heavy (non-hydrogen) atoms. The number of sulfonamides is 1. The molecule has 0 spiro atoms. The first kappa shape index (κ1) is 21.7. The van der Waals surface area contributed by atoms with E-state index in [0.717, 1.165) is 11.1 Å². The summed E-state index contributed by atoms with van der Waals surface area (Å²) in [6, 6.07) is 23.6. The highest BCUT2D eigenvalue weighted by atomic mass is 32.2. The standard InChI is InChI=1S/C24H26N2O3S/c1-18(2)26(3)30(28,29)22-15-13-21(14-16-22)25-24(27)23-12-8-7-11-20(23)17-19-9-5-4-6-10-19/h4-16,18H,17H2,1-3H3,(H,25,27). The summed E-state index contributed by atoms with van der Waals surface area (Å²) in [6.07, 6.45) is 0.656. The third-order valence-corrected chi connectivity index (χ3v) is 7.06. The van der Waals surface area contributed by atoms with Crippen LogP contribution >= 0.6 is 0 Å². The summed E-state index contributed by atoms with van der Waals surface area (Å²) in [4.78, 5) is 13.1. The molecule has 0 aromatic heterocycles. The van der Waals surface area contributed by atoms with Crippen LogP contribution in [0.5, 0.6) is 0 Å². The Morgan fingerprint density at radius 1 is 0.900 bits per heavy atom. The molecule has 6 heteroatoms. The van der Waals surface area contributed by atoms with Gasteiger partial charge >= 0.3 is 0 Å². The lowest BCUT2D eigenvalue weighted by molar-refractivity contribution is 0.102. The van der Waals surface area contributed by atoms with Crippen LogP contribution in [0.1, 0.15) is 35.3 Å². The van der Waals surface area contributed by atoms with Crippen molar-refractivity contribution in [3.63, 3.8) is 0 Å². The quantitative estimate of drug-likeness (QED) is 0.607. The van der Waals surface area contributed by atoms with Crippen LogP contribution in [-0.4, -0.2) is 31.7 Å². The van der Waals surface area contributed by atoms with Gasteiger partial charge in [0.25, 0.3) is 5.91 Å². The molecule has 156 valence electrons. The van der Waals surface area contributed by atoms with Crippen LogP contribution in [0.2, 0.25) is 0 Å². The summed E-state index contributed by atoms with van der Waals surface area (Å²) in [5.74, 6) is -0.226. The van der Waals surface area contributed by atoms with E-state index in [2.05, 4.69) is 5.32 Å². The number of hydrogen-bond acceptors (Lipinski definition) is 3. The molecule has 1 amide bonds. The lowest BCUT2D eigenvalue weighted by Gasteiger charge is -2.21. The van der Waals surface area contributed by atoms with Gasteiger partial charge in [-0.1, -0.05) is 48.5 Å². The number of nitrogens with one attached hydrogen (secondary N) is 1. The highest BCUT2D eigenvalue weighted by molar-refractivity contribution is 7.89. The Labute approximate surface area is 178 Å². The van der Waals surface area contributed by atoms with Gasteiger partial charge in [0.15, 0.2) is 0 Å². The van der Waals surface area contributed by atoms with Crippen molar-refractivity contribution in [3.8, 4) is 0 Å². The van der Waals surface area contributed by atoms with Gasteiger partial charge in [0, 0.05) is 24.3 Å². The Hall–Kier alpha value is -2.96. The predicted molar refractivity (Wildman–Crippen MR) is 120 cm³/mol. The van der Waals surface area contributed by atoms with Gasteiger partial charge in [0.2, 0.25) is 10.0 Å². The summed E-state index contributed by atoms with van der Waals surface area (Å²) in [5, 5.41) is 2.87. The van der Waals surface area contributed by atoms with Gasteiger partial charge in [0.05, 0.1) is 4.90 Å². The van der Waals surface area contributed by atoms with Crippen LogP contribution in [0.3, 0.4) is 0 Å². The van der Waals surface area contributed by atoms with Crippen LogP contribution in [0, 0.1) is 0 Å². The second-order valence-electron chi connectivity index (χ2n) is 7.41. The van der Waals surface area contributed by atoms with E-state index in [1.54, 1.807) is 25.2 Å². The Morgan fingerprint density at radius 3 is 2.13 bits per heavy atom. The van der Waals surface area contributed by atoms with Gasteiger partial charge < -0.3 is 5.32 Å². The van der Waals surface area contributed by atoms with E-state index in [1.807, 2.05) is 62.4 Å². The Morgan fingerprint density at radius 2 is 1.50 bits per heavy atom. The number of nitrogens with zero attached hydrogens (tertiary/aromatic N) is 1. The SMILES string of the molecule is CC(C)N(C)S(=O)(=O)c1ccc(NC(=O)c2ccccc2Cc2ccccc2)cc1. The summed E-state index contributed by atoms with van der Waals surface area (Å²) in [5.41, 5.74) is 3.19. The topological polar surface area (TPSA) is 66.5 Å². The molecule has 0 saturated heterocycles. The minimum atomic E-state index is -3.56. The van der Waals surface area contributed by atoms with E-state index in [1.165, 1.54) is 16.4 Å². The normalized spacial score (nSPS) is 11.6. The largest absolute Gasteiger partial charge is 0.322 e. The molecule has 3 aromatic rings. The van der Waals surface area contributed by atoms with Crippen molar-refractivity contribution in [1.29, 1.82) is 0 Å². The van der Waals surface area contributed by atoms with E-state index in [4.69, 9.17) is 0 Å². The number of amides is 1. The molecule has 5 nitrogen and oxygen atoms in total. The minimum Gasteiger partial charge on any atom is -0.322 e. The molecule has 0 radical (unpaired) electrons. The molecule has 0 aliphatic carbocycles. The van der Waals surface area contributed by atoms with Gasteiger partial charge in [0.1, 0.15) is 0 Å². The van der Waals surface area contributed by atoms with Gasteiger partial charge in [-0.05, 0) is 61.7 Å². The van der Waals surface area contributed by atoms with Crippen molar-refractivity contribution in [2.24, 2.45) is 0 Å². The average molecular weight is 423 g/mol. The summed E-state index contributed by atoms with van der Waals surface area (Å²) in [6.45, 7) is 3.64. The fraction of sp³-hybridized carbons (Fsp3) is 0.208.